The minimum atomic E-state index is -0.480. The third-order valence-electron chi connectivity index (χ3n) is 4.58. The summed E-state index contributed by atoms with van der Waals surface area (Å²) in [6.45, 7) is 3.11. The maximum Gasteiger partial charge on any atom is 0.274 e. The molecule has 28 heavy (non-hydrogen) atoms. The monoisotopic (exact) mass is 378 g/mol. The Morgan fingerprint density at radius 2 is 1.61 bits per heavy atom. The number of amides is 1. The van der Waals surface area contributed by atoms with Crippen LogP contribution in [-0.4, -0.2) is 47.0 Å². The maximum absolute atomic E-state index is 13.8. The molecule has 0 aliphatic carbocycles. The average Bonchev–Trinajstić information content (AvgIpc) is 2.76. The van der Waals surface area contributed by atoms with Crippen LogP contribution in [0.5, 0.6) is 0 Å². The van der Waals surface area contributed by atoms with Gasteiger partial charge in [0.15, 0.2) is 0 Å². The summed E-state index contributed by atoms with van der Waals surface area (Å²) in [4.78, 5) is 29.5. The van der Waals surface area contributed by atoms with Crippen molar-refractivity contribution in [1.29, 1.82) is 0 Å². The Kier molecular flexibility index (Phi) is 5.09. The Morgan fingerprint density at radius 1 is 0.893 bits per heavy atom. The molecule has 1 aliphatic rings. The van der Waals surface area contributed by atoms with Gasteiger partial charge in [-0.2, -0.15) is 0 Å². The van der Waals surface area contributed by atoms with Crippen LogP contribution in [0.15, 0.2) is 61.1 Å². The van der Waals surface area contributed by atoms with E-state index in [1.165, 1.54) is 12.1 Å². The van der Waals surface area contributed by atoms with E-state index in [1.807, 2.05) is 6.07 Å². The van der Waals surface area contributed by atoms with Gasteiger partial charge in [0.2, 0.25) is 5.95 Å². The molecule has 2 aromatic heterocycles. The lowest BCUT2D eigenvalue weighted by Gasteiger charge is -2.36. The summed E-state index contributed by atoms with van der Waals surface area (Å²) in [5.74, 6) is -0.198. The van der Waals surface area contributed by atoms with Gasteiger partial charge in [-0.3, -0.25) is 9.78 Å². The molecule has 0 bridgehead atoms. The van der Waals surface area contributed by atoms with E-state index in [9.17, 15) is 9.18 Å². The number of hydrogen-bond donors (Lipinski definition) is 1. The summed E-state index contributed by atoms with van der Waals surface area (Å²) in [6.07, 6.45) is 5.06. The maximum atomic E-state index is 13.8. The molecule has 3 heterocycles. The lowest BCUT2D eigenvalue weighted by molar-refractivity contribution is 0.102. The first kappa shape index (κ1) is 17.8. The number of anilines is 3. The van der Waals surface area contributed by atoms with Gasteiger partial charge in [-0.15, -0.1) is 0 Å². The van der Waals surface area contributed by atoms with Crippen LogP contribution in [0.3, 0.4) is 0 Å². The summed E-state index contributed by atoms with van der Waals surface area (Å²) in [6, 6.07) is 11.4. The fraction of sp³-hybridized carbons (Fsp3) is 0.200. The summed E-state index contributed by atoms with van der Waals surface area (Å²) >= 11 is 0. The number of para-hydroxylation sites is 1. The first-order chi connectivity index (χ1) is 13.7. The number of benzene rings is 1. The molecular weight excluding hydrogens is 359 g/mol. The topological polar surface area (TPSA) is 74.2 Å². The molecule has 0 saturated carbocycles. The molecule has 0 unspecified atom stereocenters. The van der Waals surface area contributed by atoms with Crippen LogP contribution in [0, 0.1) is 5.82 Å². The van der Waals surface area contributed by atoms with Crippen molar-refractivity contribution in [3.63, 3.8) is 0 Å². The van der Waals surface area contributed by atoms with Gasteiger partial charge in [-0.1, -0.05) is 12.1 Å². The van der Waals surface area contributed by atoms with Crippen molar-refractivity contribution in [2.45, 2.75) is 0 Å². The number of halogens is 1. The van der Waals surface area contributed by atoms with E-state index in [2.05, 4.69) is 30.1 Å². The Bertz CT molecular complexity index is 960. The highest BCUT2D eigenvalue weighted by molar-refractivity contribution is 6.03. The van der Waals surface area contributed by atoms with Gasteiger partial charge >= 0.3 is 0 Å². The Balaban J connectivity index is 1.43. The van der Waals surface area contributed by atoms with Crippen LogP contribution >= 0.6 is 0 Å². The second kappa shape index (κ2) is 7.99. The molecule has 7 nitrogen and oxygen atoms in total. The molecular formula is C20H19FN6O. The summed E-state index contributed by atoms with van der Waals surface area (Å²) in [7, 11) is 0. The second-order valence-corrected chi connectivity index (χ2v) is 6.36. The molecule has 8 heteroatoms. The average molecular weight is 378 g/mol. The number of piperazine rings is 1. The standard InChI is InChI=1S/C20H19FN6O/c21-16-4-1-2-5-17(16)25-19(28)18-14-15(6-9-22-18)26-10-12-27(13-11-26)20-23-7-3-8-24-20/h1-9,14H,10-13H2,(H,25,28). The lowest BCUT2D eigenvalue weighted by Crippen LogP contribution is -2.47. The van der Waals surface area contributed by atoms with Crippen LogP contribution in [0.2, 0.25) is 0 Å². The van der Waals surface area contributed by atoms with E-state index >= 15 is 0 Å². The van der Waals surface area contributed by atoms with E-state index < -0.39 is 11.7 Å². The molecule has 0 atom stereocenters. The zero-order chi connectivity index (χ0) is 19.3. The summed E-state index contributed by atoms with van der Waals surface area (Å²) in [5.41, 5.74) is 1.29. The van der Waals surface area contributed by atoms with E-state index in [4.69, 9.17) is 0 Å². The van der Waals surface area contributed by atoms with Crippen molar-refractivity contribution in [2.24, 2.45) is 0 Å². The van der Waals surface area contributed by atoms with Crippen molar-refractivity contribution in [1.82, 2.24) is 15.0 Å². The van der Waals surface area contributed by atoms with Crippen molar-refractivity contribution in [3.05, 3.63) is 72.6 Å². The quantitative estimate of drug-likeness (QED) is 0.752. The highest BCUT2D eigenvalue weighted by atomic mass is 19.1. The van der Waals surface area contributed by atoms with E-state index in [0.29, 0.717) is 0 Å². The Labute approximate surface area is 161 Å². The first-order valence-corrected chi connectivity index (χ1v) is 8.99. The Morgan fingerprint density at radius 3 is 2.36 bits per heavy atom. The fourth-order valence-corrected chi connectivity index (χ4v) is 3.11. The number of nitrogens with one attached hydrogen (secondary N) is 1. The first-order valence-electron chi connectivity index (χ1n) is 8.99. The van der Waals surface area contributed by atoms with Gasteiger partial charge in [0.1, 0.15) is 11.5 Å². The van der Waals surface area contributed by atoms with Crippen molar-refractivity contribution < 1.29 is 9.18 Å². The number of nitrogens with zero attached hydrogens (tertiary/aromatic N) is 5. The molecule has 3 aromatic rings. The number of aromatic nitrogens is 3. The highest BCUT2D eigenvalue weighted by Crippen LogP contribution is 2.20. The second-order valence-electron chi connectivity index (χ2n) is 6.36. The van der Waals surface area contributed by atoms with Gasteiger partial charge in [0.05, 0.1) is 5.69 Å². The molecule has 0 radical (unpaired) electrons. The largest absolute Gasteiger partial charge is 0.368 e. The number of carbonyl (C=O) groups excluding carboxylic acids is 1. The molecule has 1 aliphatic heterocycles. The molecule has 142 valence electrons. The third-order valence-corrected chi connectivity index (χ3v) is 4.58. The fourth-order valence-electron chi connectivity index (χ4n) is 3.11. The molecule has 1 aromatic carbocycles. The van der Waals surface area contributed by atoms with Gasteiger partial charge in [0, 0.05) is 50.5 Å². The normalized spacial score (nSPS) is 14.0. The SMILES string of the molecule is O=C(Nc1ccccc1F)c1cc(N2CCN(c3ncccn3)CC2)ccn1. The van der Waals surface area contributed by atoms with Crippen LogP contribution < -0.4 is 15.1 Å². The van der Waals surface area contributed by atoms with E-state index in [-0.39, 0.29) is 11.4 Å². The Hall–Kier alpha value is -3.55. The summed E-state index contributed by atoms with van der Waals surface area (Å²) < 4.78 is 13.8. The summed E-state index contributed by atoms with van der Waals surface area (Å²) in [5, 5.41) is 2.57. The van der Waals surface area contributed by atoms with E-state index in [0.717, 1.165) is 37.8 Å². The molecule has 1 N–H and O–H groups in total. The molecule has 4 rings (SSSR count). The van der Waals surface area contributed by atoms with Crippen LogP contribution in [0.25, 0.3) is 0 Å². The van der Waals surface area contributed by atoms with Gasteiger partial charge in [-0.25, -0.2) is 14.4 Å². The predicted octanol–water partition coefficient (Wildman–Crippen LogP) is 2.59. The van der Waals surface area contributed by atoms with Crippen LogP contribution in [0.4, 0.5) is 21.7 Å². The van der Waals surface area contributed by atoms with Crippen LogP contribution in [0.1, 0.15) is 10.5 Å². The smallest absolute Gasteiger partial charge is 0.274 e. The lowest BCUT2D eigenvalue weighted by atomic mass is 10.2. The zero-order valence-electron chi connectivity index (χ0n) is 15.1. The zero-order valence-corrected chi connectivity index (χ0v) is 15.1. The van der Waals surface area contributed by atoms with Crippen molar-refractivity contribution >= 4 is 23.2 Å². The van der Waals surface area contributed by atoms with E-state index in [1.54, 1.807) is 42.9 Å². The van der Waals surface area contributed by atoms with Crippen molar-refractivity contribution in [3.8, 4) is 0 Å². The van der Waals surface area contributed by atoms with Crippen molar-refractivity contribution in [2.75, 3.05) is 41.3 Å². The molecule has 0 spiro atoms. The number of carbonyl (C=O) groups is 1. The predicted molar refractivity (Wildman–Crippen MR) is 105 cm³/mol. The van der Waals surface area contributed by atoms with Gasteiger partial charge in [0.25, 0.3) is 5.91 Å². The number of rotatable bonds is 4. The molecule has 1 saturated heterocycles. The molecule has 1 amide bonds. The minimum Gasteiger partial charge on any atom is -0.368 e. The number of pyridine rings is 1. The molecule has 1 fully saturated rings. The third kappa shape index (κ3) is 3.90. The highest BCUT2D eigenvalue weighted by Gasteiger charge is 2.20. The van der Waals surface area contributed by atoms with Gasteiger partial charge in [-0.05, 0) is 30.3 Å². The minimum absolute atomic E-state index is 0.135. The number of hydrogen-bond acceptors (Lipinski definition) is 6. The van der Waals surface area contributed by atoms with Gasteiger partial charge < -0.3 is 15.1 Å². The van der Waals surface area contributed by atoms with Crippen LogP contribution in [-0.2, 0) is 0 Å².